The molecule has 0 saturated heterocycles. The fraction of sp³-hybridized carbons (Fsp3) is 0.400. The van der Waals surface area contributed by atoms with Gasteiger partial charge in [0.1, 0.15) is 0 Å². The number of hydrogen-bond acceptors (Lipinski definition) is 1. The molecule has 1 aromatic carbocycles. The molecule has 0 heterocycles. The third kappa shape index (κ3) is 1.30. The molecule has 1 aromatic rings. The van der Waals surface area contributed by atoms with Gasteiger partial charge >= 0.3 is 6.18 Å². The standard InChI is InChI=1S/C10H10F3N/c11-10(12,13)9-3-1-2-7-6(5-14)4-8(7)9/h1-3,6H,4-5,14H2. The molecule has 0 aromatic heterocycles. The van der Waals surface area contributed by atoms with Crippen molar-refractivity contribution in [3.8, 4) is 0 Å². The van der Waals surface area contributed by atoms with Crippen LogP contribution < -0.4 is 5.73 Å². The summed E-state index contributed by atoms with van der Waals surface area (Å²) in [6.45, 7) is 0.425. The number of benzene rings is 1. The van der Waals surface area contributed by atoms with Crippen molar-refractivity contribution >= 4 is 0 Å². The lowest BCUT2D eigenvalue weighted by Crippen LogP contribution is -2.28. The van der Waals surface area contributed by atoms with Gasteiger partial charge in [0.2, 0.25) is 0 Å². The Hall–Kier alpha value is -1.03. The van der Waals surface area contributed by atoms with E-state index >= 15 is 0 Å². The summed E-state index contributed by atoms with van der Waals surface area (Å²) < 4.78 is 37.4. The number of halogens is 3. The molecular formula is C10H10F3N. The summed E-state index contributed by atoms with van der Waals surface area (Å²) in [5.74, 6) is 0.118. The second-order valence-electron chi connectivity index (χ2n) is 3.51. The summed E-state index contributed by atoms with van der Waals surface area (Å²) in [4.78, 5) is 0. The molecule has 76 valence electrons. The van der Waals surface area contributed by atoms with E-state index in [0.717, 1.165) is 11.6 Å². The van der Waals surface area contributed by atoms with E-state index in [-0.39, 0.29) is 5.92 Å². The van der Waals surface area contributed by atoms with E-state index in [4.69, 9.17) is 5.73 Å². The summed E-state index contributed by atoms with van der Waals surface area (Å²) in [6, 6.07) is 4.31. The number of fused-ring (bicyclic) bond motifs is 1. The molecule has 0 fully saturated rings. The molecule has 1 unspecified atom stereocenters. The molecule has 1 aliphatic rings. The molecule has 1 atom stereocenters. The van der Waals surface area contributed by atoms with Gasteiger partial charge in [0.05, 0.1) is 5.56 Å². The quantitative estimate of drug-likeness (QED) is 0.741. The highest BCUT2D eigenvalue weighted by molar-refractivity contribution is 5.47. The molecule has 0 aliphatic heterocycles. The van der Waals surface area contributed by atoms with E-state index in [9.17, 15) is 13.2 Å². The Morgan fingerprint density at radius 1 is 1.36 bits per heavy atom. The highest BCUT2D eigenvalue weighted by Gasteiger charge is 2.38. The van der Waals surface area contributed by atoms with Crippen LogP contribution in [0.15, 0.2) is 18.2 Å². The van der Waals surface area contributed by atoms with Crippen molar-refractivity contribution in [2.24, 2.45) is 5.73 Å². The molecule has 0 bridgehead atoms. The van der Waals surface area contributed by atoms with Crippen molar-refractivity contribution in [3.05, 3.63) is 34.9 Å². The lowest BCUT2D eigenvalue weighted by atomic mass is 9.75. The highest BCUT2D eigenvalue weighted by atomic mass is 19.4. The Kier molecular flexibility index (Phi) is 2.03. The molecule has 0 amide bonds. The van der Waals surface area contributed by atoms with E-state index in [1.54, 1.807) is 6.07 Å². The molecule has 1 nitrogen and oxygen atoms in total. The average Bonchev–Trinajstić information content (AvgIpc) is 2.05. The van der Waals surface area contributed by atoms with Crippen LogP contribution in [-0.4, -0.2) is 6.54 Å². The maximum atomic E-state index is 12.5. The fourth-order valence-electron chi connectivity index (χ4n) is 1.92. The summed E-state index contributed by atoms with van der Waals surface area (Å²) in [6.07, 6.45) is -3.77. The normalized spacial score (nSPS) is 20.1. The van der Waals surface area contributed by atoms with Crippen LogP contribution >= 0.6 is 0 Å². The zero-order valence-electron chi connectivity index (χ0n) is 7.43. The van der Waals surface area contributed by atoms with Crippen molar-refractivity contribution in [2.45, 2.75) is 18.5 Å². The maximum absolute atomic E-state index is 12.5. The molecule has 1 aliphatic carbocycles. The molecule has 14 heavy (non-hydrogen) atoms. The Labute approximate surface area is 79.7 Å². The zero-order valence-corrected chi connectivity index (χ0v) is 7.43. The molecule has 0 spiro atoms. The molecular weight excluding hydrogens is 191 g/mol. The third-order valence-corrected chi connectivity index (χ3v) is 2.69. The molecule has 2 rings (SSSR count). The van der Waals surface area contributed by atoms with Gasteiger partial charge in [-0.05, 0) is 30.2 Å². The Morgan fingerprint density at radius 3 is 2.64 bits per heavy atom. The minimum Gasteiger partial charge on any atom is -0.330 e. The summed E-state index contributed by atoms with van der Waals surface area (Å²) in [7, 11) is 0. The second kappa shape index (κ2) is 2.98. The van der Waals surface area contributed by atoms with Crippen molar-refractivity contribution in [1.29, 1.82) is 0 Å². The zero-order chi connectivity index (χ0) is 10.3. The number of nitrogens with two attached hydrogens (primary N) is 1. The fourth-order valence-corrected chi connectivity index (χ4v) is 1.92. The van der Waals surface area contributed by atoms with Gasteiger partial charge in [-0.1, -0.05) is 12.1 Å². The first-order chi connectivity index (χ1) is 6.54. The Balaban J connectivity index is 2.43. The average molecular weight is 201 g/mol. The predicted molar refractivity (Wildman–Crippen MR) is 46.9 cm³/mol. The monoisotopic (exact) mass is 201 g/mol. The van der Waals surface area contributed by atoms with E-state index in [1.165, 1.54) is 6.07 Å². The molecule has 0 saturated carbocycles. The van der Waals surface area contributed by atoms with E-state index in [2.05, 4.69) is 0 Å². The Morgan fingerprint density at radius 2 is 2.07 bits per heavy atom. The maximum Gasteiger partial charge on any atom is 0.416 e. The molecule has 2 N–H and O–H groups in total. The van der Waals surface area contributed by atoms with Gasteiger partial charge in [0.15, 0.2) is 0 Å². The second-order valence-corrected chi connectivity index (χ2v) is 3.51. The minimum absolute atomic E-state index is 0.118. The third-order valence-electron chi connectivity index (χ3n) is 2.69. The molecule has 0 radical (unpaired) electrons. The van der Waals surface area contributed by atoms with E-state index < -0.39 is 11.7 Å². The van der Waals surface area contributed by atoms with Gasteiger partial charge in [0, 0.05) is 5.92 Å². The van der Waals surface area contributed by atoms with E-state index in [1.807, 2.05) is 0 Å². The van der Waals surface area contributed by atoms with Gasteiger partial charge in [0.25, 0.3) is 0 Å². The van der Waals surface area contributed by atoms with Gasteiger partial charge in [-0.25, -0.2) is 0 Å². The lowest BCUT2D eigenvalue weighted by Gasteiger charge is -2.31. The largest absolute Gasteiger partial charge is 0.416 e. The number of alkyl halides is 3. The smallest absolute Gasteiger partial charge is 0.330 e. The lowest BCUT2D eigenvalue weighted by molar-refractivity contribution is -0.138. The van der Waals surface area contributed by atoms with Crippen molar-refractivity contribution in [2.75, 3.05) is 6.54 Å². The topological polar surface area (TPSA) is 26.0 Å². The van der Waals surface area contributed by atoms with Gasteiger partial charge in [-0.3, -0.25) is 0 Å². The van der Waals surface area contributed by atoms with Crippen molar-refractivity contribution in [1.82, 2.24) is 0 Å². The van der Waals surface area contributed by atoms with Crippen molar-refractivity contribution < 1.29 is 13.2 Å². The van der Waals surface area contributed by atoms with Crippen molar-refractivity contribution in [3.63, 3.8) is 0 Å². The van der Waals surface area contributed by atoms with Crippen LogP contribution in [0.3, 0.4) is 0 Å². The summed E-state index contributed by atoms with van der Waals surface area (Å²) in [5, 5.41) is 0. The first kappa shape index (κ1) is 9.52. The van der Waals surface area contributed by atoms with Crippen LogP contribution in [0.2, 0.25) is 0 Å². The van der Waals surface area contributed by atoms with Gasteiger partial charge in [-0.2, -0.15) is 13.2 Å². The SMILES string of the molecule is NCC1Cc2c1cccc2C(F)(F)F. The van der Waals surface area contributed by atoms with Crippen LogP contribution in [0, 0.1) is 0 Å². The van der Waals surface area contributed by atoms with Gasteiger partial charge < -0.3 is 5.73 Å². The molecule has 4 heteroatoms. The van der Waals surface area contributed by atoms with Crippen LogP contribution in [-0.2, 0) is 12.6 Å². The van der Waals surface area contributed by atoms with Crippen LogP contribution in [0.4, 0.5) is 13.2 Å². The van der Waals surface area contributed by atoms with Crippen LogP contribution in [0.5, 0.6) is 0 Å². The van der Waals surface area contributed by atoms with E-state index in [0.29, 0.717) is 18.5 Å². The number of rotatable bonds is 1. The first-order valence-electron chi connectivity index (χ1n) is 4.43. The first-order valence-corrected chi connectivity index (χ1v) is 4.43. The summed E-state index contributed by atoms with van der Waals surface area (Å²) in [5.41, 5.74) is 6.12. The highest BCUT2D eigenvalue weighted by Crippen LogP contribution is 2.42. The minimum atomic E-state index is -4.23. The Bertz CT molecular complexity index is 357. The van der Waals surface area contributed by atoms with Crippen LogP contribution in [0.1, 0.15) is 22.6 Å². The van der Waals surface area contributed by atoms with Gasteiger partial charge in [-0.15, -0.1) is 0 Å². The number of hydrogen-bond donors (Lipinski definition) is 1. The summed E-state index contributed by atoms with van der Waals surface area (Å²) >= 11 is 0. The predicted octanol–water partition coefficient (Wildman–Crippen LogP) is 2.30. The van der Waals surface area contributed by atoms with Crippen LogP contribution in [0.25, 0.3) is 0 Å².